The Hall–Kier alpha value is -1.55. The Morgan fingerprint density at radius 3 is 2.56 bits per heavy atom. The summed E-state index contributed by atoms with van der Waals surface area (Å²) in [7, 11) is 0. The van der Waals surface area contributed by atoms with Crippen LogP contribution in [0.25, 0.3) is 0 Å². The smallest absolute Gasteiger partial charge is 0.151 e. The number of halogens is 2. The molecule has 2 N–H and O–H groups in total. The summed E-state index contributed by atoms with van der Waals surface area (Å²) in [6, 6.07) is 8.68. The van der Waals surface area contributed by atoms with E-state index >= 15 is 0 Å². The van der Waals surface area contributed by atoms with Crippen LogP contribution in [0.2, 0.25) is 0 Å². The summed E-state index contributed by atoms with van der Waals surface area (Å²) in [5.41, 5.74) is 8.11. The normalized spacial score (nSPS) is 10.4. The average Bonchev–Trinajstić information content (AvgIpc) is 2.30. The molecule has 0 spiro atoms. The predicted molar refractivity (Wildman–Crippen MR) is 74.5 cm³/mol. The Morgan fingerprint density at radius 2 is 1.83 bits per heavy atom. The van der Waals surface area contributed by atoms with Crippen LogP contribution in [0, 0.1) is 19.7 Å². The molecule has 2 aromatic rings. The molecule has 0 saturated heterocycles. The predicted octanol–water partition coefficient (Wildman–Crippen LogP) is 4.58. The van der Waals surface area contributed by atoms with Crippen LogP contribution in [0.15, 0.2) is 34.8 Å². The number of rotatable bonds is 2. The zero-order chi connectivity index (χ0) is 13.3. The van der Waals surface area contributed by atoms with Gasteiger partial charge in [-0.3, -0.25) is 0 Å². The molecule has 4 heteroatoms. The average molecular weight is 310 g/mol. The third-order valence-corrected chi connectivity index (χ3v) is 3.22. The van der Waals surface area contributed by atoms with Gasteiger partial charge in [0.15, 0.2) is 5.75 Å². The molecular formula is C14H13BrFNO. The maximum absolute atomic E-state index is 13.3. The van der Waals surface area contributed by atoms with E-state index < -0.39 is 5.82 Å². The van der Waals surface area contributed by atoms with E-state index in [4.69, 9.17) is 10.5 Å². The van der Waals surface area contributed by atoms with E-state index in [1.807, 2.05) is 32.0 Å². The van der Waals surface area contributed by atoms with Crippen molar-refractivity contribution in [2.24, 2.45) is 0 Å². The molecule has 0 unspecified atom stereocenters. The van der Waals surface area contributed by atoms with Crippen LogP contribution < -0.4 is 10.5 Å². The minimum atomic E-state index is -0.402. The highest BCUT2D eigenvalue weighted by molar-refractivity contribution is 9.10. The monoisotopic (exact) mass is 309 g/mol. The van der Waals surface area contributed by atoms with E-state index in [0.717, 1.165) is 16.9 Å². The topological polar surface area (TPSA) is 35.2 Å². The molecule has 0 aliphatic rings. The molecule has 0 aliphatic carbocycles. The van der Waals surface area contributed by atoms with Crippen LogP contribution in [0.3, 0.4) is 0 Å². The lowest BCUT2D eigenvalue weighted by Crippen LogP contribution is -1.95. The van der Waals surface area contributed by atoms with Gasteiger partial charge >= 0.3 is 0 Å². The maximum Gasteiger partial charge on any atom is 0.151 e. The van der Waals surface area contributed by atoms with Gasteiger partial charge in [-0.2, -0.15) is 0 Å². The highest BCUT2D eigenvalue weighted by atomic mass is 79.9. The highest BCUT2D eigenvalue weighted by Crippen LogP contribution is 2.33. The summed E-state index contributed by atoms with van der Waals surface area (Å²) in [6.07, 6.45) is 0. The van der Waals surface area contributed by atoms with Crippen LogP contribution in [-0.4, -0.2) is 0 Å². The quantitative estimate of drug-likeness (QED) is 0.824. The lowest BCUT2D eigenvalue weighted by Gasteiger charge is -2.12. The summed E-state index contributed by atoms with van der Waals surface area (Å²) in [4.78, 5) is 0. The molecule has 2 nitrogen and oxygen atoms in total. The molecular weight excluding hydrogens is 297 g/mol. The fraction of sp³-hybridized carbons (Fsp3) is 0.143. The van der Waals surface area contributed by atoms with Crippen molar-refractivity contribution in [1.29, 1.82) is 0 Å². The zero-order valence-corrected chi connectivity index (χ0v) is 11.7. The first-order valence-electron chi connectivity index (χ1n) is 5.47. The number of ether oxygens (including phenoxy) is 1. The Bertz CT molecular complexity index is 599. The molecule has 0 aliphatic heterocycles. The first-order chi connectivity index (χ1) is 8.47. The molecule has 0 atom stereocenters. The van der Waals surface area contributed by atoms with Crippen LogP contribution in [-0.2, 0) is 0 Å². The Balaban J connectivity index is 2.40. The lowest BCUT2D eigenvalue weighted by molar-refractivity contribution is 0.478. The molecule has 0 radical (unpaired) electrons. The summed E-state index contributed by atoms with van der Waals surface area (Å²) in [5.74, 6) is 0.762. The molecule has 0 saturated carbocycles. The van der Waals surface area contributed by atoms with Crippen molar-refractivity contribution in [3.8, 4) is 11.5 Å². The van der Waals surface area contributed by atoms with Gasteiger partial charge in [0.2, 0.25) is 0 Å². The van der Waals surface area contributed by atoms with Crippen molar-refractivity contribution < 1.29 is 9.13 Å². The van der Waals surface area contributed by atoms with Crippen LogP contribution >= 0.6 is 15.9 Å². The van der Waals surface area contributed by atoms with Crippen molar-refractivity contribution in [3.63, 3.8) is 0 Å². The molecule has 2 rings (SSSR count). The van der Waals surface area contributed by atoms with E-state index in [9.17, 15) is 4.39 Å². The van der Waals surface area contributed by atoms with Gasteiger partial charge in [-0.1, -0.05) is 12.1 Å². The van der Waals surface area contributed by atoms with Gasteiger partial charge in [0.05, 0.1) is 10.2 Å². The fourth-order valence-electron chi connectivity index (χ4n) is 1.57. The van der Waals surface area contributed by atoms with E-state index in [1.54, 1.807) is 0 Å². The third-order valence-electron chi connectivity index (χ3n) is 2.62. The minimum Gasteiger partial charge on any atom is -0.455 e. The van der Waals surface area contributed by atoms with Gasteiger partial charge in [0.25, 0.3) is 0 Å². The SMILES string of the molecule is Cc1ccc(C)c(Oc2cc(Br)c(F)cc2N)c1. The fourth-order valence-corrected chi connectivity index (χ4v) is 1.89. The molecule has 0 bridgehead atoms. The number of hydrogen-bond acceptors (Lipinski definition) is 2. The standard InChI is InChI=1S/C14H13BrFNO/c1-8-3-4-9(2)13(5-8)18-14-6-10(15)11(16)7-12(14)17/h3-7H,17H2,1-2H3. The Morgan fingerprint density at radius 1 is 1.11 bits per heavy atom. The van der Waals surface area contributed by atoms with Crippen LogP contribution in [0.5, 0.6) is 11.5 Å². The Kier molecular flexibility index (Phi) is 3.57. The van der Waals surface area contributed by atoms with Gasteiger partial charge in [0.1, 0.15) is 11.6 Å². The highest BCUT2D eigenvalue weighted by Gasteiger charge is 2.09. The number of nitrogens with two attached hydrogens (primary N) is 1. The number of nitrogen functional groups attached to an aromatic ring is 1. The second-order valence-electron chi connectivity index (χ2n) is 4.18. The van der Waals surface area contributed by atoms with Crippen molar-refractivity contribution in [3.05, 3.63) is 51.7 Å². The van der Waals surface area contributed by atoms with E-state index in [0.29, 0.717) is 10.2 Å². The van der Waals surface area contributed by atoms with Gasteiger partial charge in [-0.15, -0.1) is 0 Å². The van der Waals surface area contributed by atoms with Gasteiger partial charge in [-0.05, 0) is 47.0 Å². The van der Waals surface area contributed by atoms with E-state index in [1.165, 1.54) is 12.1 Å². The third kappa shape index (κ3) is 2.64. The van der Waals surface area contributed by atoms with Gasteiger partial charge in [0, 0.05) is 12.1 Å². The number of aryl methyl sites for hydroxylation is 2. The number of hydrogen-bond donors (Lipinski definition) is 1. The van der Waals surface area contributed by atoms with Crippen molar-refractivity contribution in [1.82, 2.24) is 0 Å². The number of anilines is 1. The maximum atomic E-state index is 13.3. The summed E-state index contributed by atoms with van der Waals surface area (Å²) >= 11 is 3.12. The number of benzene rings is 2. The van der Waals surface area contributed by atoms with E-state index in [2.05, 4.69) is 15.9 Å². The first-order valence-corrected chi connectivity index (χ1v) is 6.26. The molecule has 0 heterocycles. The van der Waals surface area contributed by atoms with Crippen molar-refractivity contribution >= 4 is 21.6 Å². The lowest BCUT2D eigenvalue weighted by atomic mass is 10.1. The Labute approximate surface area is 114 Å². The molecule has 18 heavy (non-hydrogen) atoms. The van der Waals surface area contributed by atoms with Crippen molar-refractivity contribution in [2.75, 3.05) is 5.73 Å². The minimum absolute atomic E-state index is 0.275. The second-order valence-corrected chi connectivity index (χ2v) is 5.03. The molecule has 0 fully saturated rings. The summed E-state index contributed by atoms with van der Waals surface area (Å²) in [6.45, 7) is 3.93. The molecule has 0 aromatic heterocycles. The molecule has 0 amide bonds. The summed E-state index contributed by atoms with van der Waals surface area (Å²) < 4.78 is 19.3. The van der Waals surface area contributed by atoms with Crippen LogP contribution in [0.4, 0.5) is 10.1 Å². The van der Waals surface area contributed by atoms with Gasteiger partial charge < -0.3 is 10.5 Å². The summed E-state index contributed by atoms with van der Waals surface area (Å²) in [5, 5.41) is 0. The van der Waals surface area contributed by atoms with Gasteiger partial charge in [-0.25, -0.2) is 4.39 Å². The zero-order valence-electron chi connectivity index (χ0n) is 10.1. The van der Waals surface area contributed by atoms with E-state index in [-0.39, 0.29) is 5.69 Å². The molecule has 94 valence electrons. The molecule has 2 aromatic carbocycles. The second kappa shape index (κ2) is 4.98. The largest absolute Gasteiger partial charge is 0.455 e. The van der Waals surface area contributed by atoms with Crippen LogP contribution in [0.1, 0.15) is 11.1 Å². The van der Waals surface area contributed by atoms with Crippen molar-refractivity contribution in [2.45, 2.75) is 13.8 Å². The first kappa shape index (κ1) is 12.9.